The Morgan fingerprint density at radius 2 is 1.86 bits per heavy atom. The minimum atomic E-state index is -1.42. The molecule has 0 fully saturated rings. The number of carboxylic acids is 1. The number of carboxylic acid groups (broad SMARTS) is 1. The van der Waals surface area contributed by atoms with Crippen LogP contribution in [0.3, 0.4) is 0 Å². The molecule has 4 nitrogen and oxygen atoms in total. The van der Waals surface area contributed by atoms with Gasteiger partial charge in [-0.3, -0.25) is 4.79 Å². The van der Waals surface area contributed by atoms with E-state index in [1.54, 1.807) is 30.3 Å². The molecule has 0 saturated heterocycles. The highest BCUT2D eigenvalue weighted by atomic mass is 16.6. The topological polar surface area (TPSA) is 66.4 Å². The van der Waals surface area contributed by atoms with Crippen LogP contribution in [0.5, 0.6) is 0 Å². The van der Waals surface area contributed by atoms with Crippen molar-refractivity contribution >= 4 is 11.9 Å². The molecule has 0 heterocycles. The Labute approximate surface area is 81.1 Å². The zero-order valence-corrected chi connectivity index (χ0v) is 7.60. The molecular weight excluding hydrogens is 184 g/mol. The minimum Gasteiger partial charge on any atom is -0.546 e. The third-order valence-electron chi connectivity index (χ3n) is 1.60. The van der Waals surface area contributed by atoms with Crippen molar-refractivity contribution in [3.8, 4) is 0 Å². The predicted octanol–water partition coefficient (Wildman–Crippen LogP) is 0.0407. The highest BCUT2D eigenvalue weighted by Gasteiger charge is 2.14. The summed E-state index contributed by atoms with van der Waals surface area (Å²) in [6, 6.07) is 8.18. The number of aliphatic carboxylic acids is 1. The van der Waals surface area contributed by atoms with Gasteiger partial charge in [0.25, 0.3) is 0 Å². The number of ether oxygens (including phenoxy) is 1. The van der Waals surface area contributed by atoms with Crippen LogP contribution in [-0.2, 0) is 14.3 Å². The Balaban J connectivity index is 2.89. The number of rotatable bonds is 3. The van der Waals surface area contributed by atoms with Gasteiger partial charge in [0.1, 0.15) is 0 Å². The molecule has 74 valence electrons. The van der Waals surface area contributed by atoms with Crippen LogP contribution in [0.1, 0.15) is 18.6 Å². The Hall–Kier alpha value is -1.84. The molecule has 1 aromatic rings. The number of benzene rings is 1. The van der Waals surface area contributed by atoms with Gasteiger partial charge in [-0.2, -0.15) is 0 Å². The van der Waals surface area contributed by atoms with Gasteiger partial charge in [-0.1, -0.05) is 30.3 Å². The first-order valence-electron chi connectivity index (χ1n) is 4.04. The Kier molecular flexibility index (Phi) is 3.23. The van der Waals surface area contributed by atoms with Crippen molar-refractivity contribution in [3.05, 3.63) is 35.9 Å². The number of carbonyl (C=O) groups excluding carboxylic acids is 2. The van der Waals surface area contributed by atoms with E-state index in [1.807, 2.05) is 0 Å². The normalized spacial score (nSPS) is 11.8. The molecule has 1 rings (SSSR count). The van der Waals surface area contributed by atoms with Crippen molar-refractivity contribution < 1.29 is 19.4 Å². The average Bonchev–Trinajstić information content (AvgIpc) is 2.15. The highest BCUT2D eigenvalue weighted by molar-refractivity contribution is 5.77. The first kappa shape index (κ1) is 10.2. The fourth-order valence-electron chi connectivity index (χ4n) is 1.05. The van der Waals surface area contributed by atoms with Gasteiger partial charge in [0.05, 0.1) is 5.97 Å². The average molecular weight is 193 g/mol. The Morgan fingerprint density at radius 3 is 2.29 bits per heavy atom. The second kappa shape index (κ2) is 4.41. The van der Waals surface area contributed by atoms with Crippen LogP contribution < -0.4 is 5.11 Å². The molecule has 1 atom stereocenters. The van der Waals surface area contributed by atoms with Crippen LogP contribution >= 0.6 is 0 Å². The van der Waals surface area contributed by atoms with Crippen LogP contribution in [0.15, 0.2) is 30.3 Å². The lowest BCUT2D eigenvalue weighted by molar-refractivity contribution is -0.316. The maximum Gasteiger partial charge on any atom is 0.303 e. The van der Waals surface area contributed by atoms with Gasteiger partial charge < -0.3 is 14.6 Å². The third kappa shape index (κ3) is 2.58. The molecule has 0 aromatic heterocycles. The summed E-state index contributed by atoms with van der Waals surface area (Å²) in [5, 5.41) is 10.6. The van der Waals surface area contributed by atoms with E-state index >= 15 is 0 Å². The molecule has 0 aliphatic carbocycles. The summed E-state index contributed by atoms with van der Waals surface area (Å²) in [7, 11) is 0. The van der Waals surface area contributed by atoms with Crippen molar-refractivity contribution in [2.45, 2.75) is 13.0 Å². The number of esters is 1. The van der Waals surface area contributed by atoms with Crippen molar-refractivity contribution in [1.82, 2.24) is 0 Å². The van der Waals surface area contributed by atoms with E-state index in [4.69, 9.17) is 0 Å². The van der Waals surface area contributed by atoms with Crippen LogP contribution in [0.2, 0.25) is 0 Å². The fraction of sp³-hybridized carbons (Fsp3) is 0.200. The molecule has 0 aliphatic heterocycles. The van der Waals surface area contributed by atoms with E-state index in [1.165, 1.54) is 0 Å². The largest absolute Gasteiger partial charge is 0.546 e. The van der Waals surface area contributed by atoms with Crippen molar-refractivity contribution in [1.29, 1.82) is 0 Å². The lowest BCUT2D eigenvalue weighted by Gasteiger charge is -2.17. The summed E-state index contributed by atoms with van der Waals surface area (Å²) in [6.07, 6.45) is -1.33. The molecule has 0 unspecified atom stereocenters. The van der Waals surface area contributed by atoms with Crippen molar-refractivity contribution in [2.24, 2.45) is 0 Å². The molecule has 0 amide bonds. The first-order valence-corrected chi connectivity index (χ1v) is 4.04. The Morgan fingerprint density at radius 1 is 1.29 bits per heavy atom. The molecule has 14 heavy (non-hydrogen) atoms. The van der Waals surface area contributed by atoms with E-state index in [2.05, 4.69) is 4.74 Å². The predicted molar refractivity (Wildman–Crippen MR) is 46.0 cm³/mol. The van der Waals surface area contributed by atoms with Gasteiger partial charge in [-0.05, 0) is 5.56 Å². The van der Waals surface area contributed by atoms with Gasteiger partial charge in [0.15, 0.2) is 6.10 Å². The van der Waals surface area contributed by atoms with Gasteiger partial charge in [-0.25, -0.2) is 0 Å². The summed E-state index contributed by atoms with van der Waals surface area (Å²) in [5.74, 6) is -2.07. The monoisotopic (exact) mass is 193 g/mol. The van der Waals surface area contributed by atoms with Crippen LogP contribution in [0.4, 0.5) is 0 Å². The quantitative estimate of drug-likeness (QED) is 0.636. The fourth-order valence-corrected chi connectivity index (χ4v) is 1.05. The maximum atomic E-state index is 10.6. The minimum absolute atomic E-state index is 0.391. The van der Waals surface area contributed by atoms with E-state index < -0.39 is 18.0 Å². The van der Waals surface area contributed by atoms with Crippen LogP contribution in [0.25, 0.3) is 0 Å². The summed E-state index contributed by atoms with van der Waals surface area (Å²) < 4.78 is 4.60. The molecule has 1 aromatic carbocycles. The number of hydrogen-bond acceptors (Lipinski definition) is 4. The lowest BCUT2D eigenvalue weighted by atomic mass is 10.1. The van der Waals surface area contributed by atoms with Gasteiger partial charge in [0, 0.05) is 6.92 Å². The number of carbonyl (C=O) groups is 2. The second-order valence-electron chi connectivity index (χ2n) is 2.72. The summed E-state index contributed by atoms with van der Waals surface area (Å²) >= 11 is 0. The molecule has 0 bridgehead atoms. The molecule has 0 spiro atoms. The zero-order chi connectivity index (χ0) is 10.6. The third-order valence-corrected chi connectivity index (χ3v) is 1.60. The molecule has 0 N–H and O–H groups in total. The van der Waals surface area contributed by atoms with Crippen molar-refractivity contribution in [2.75, 3.05) is 0 Å². The summed E-state index contributed by atoms with van der Waals surface area (Å²) in [5.41, 5.74) is 0.391. The van der Waals surface area contributed by atoms with E-state index in [9.17, 15) is 14.7 Å². The van der Waals surface area contributed by atoms with Gasteiger partial charge >= 0.3 is 5.97 Å². The summed E-state index contributed by atoms with van der Waals surface area (Å²) in [6.45, 7) is 1.15. The molecule has 0 saturated carbocycles. The summed E-state index contributed by atoms with van der Waals surface area (Å²) in [4.78, 5) is 21.3. The van der Waals surface area contributed by atoms with E-state index in [0.29, 0.717) is 5.56 Å². The van der Waals surface area contributed by atoms with Crippen LogP contribution in [-0.4, -0.2) is 11.9 Å². The molecule has 0 radical (unpaired) electrons. The zero-order valence-electron chi connectivity index (χ0n) is 7.60. The lowest BCUT2D eigenvalue weighted by Crippen LogP contribution is -2.32. The second-order valence-corrected chi connectivity index (χ2v) is 2.72. The van der Waals surface area contributed by atoms with E-state index in [0.717, 1.165) is 6.92 Å². The van der Waals surface area contributed by atoms with E-state index in [-0.39, 0.29) is 0 Å². The SMILES string of the molecule is CC(=O)O[C@@H](C(=O)[O-])c1ccccc1. The smallest absolute Gasteiger partial charge is 0.303 e. The highest BCUT2D eigenvalue weighted by Crippen LogP contribution is 2.16. The Bertz CT molecular complexity index is 331. The van der Waals surface area contributed by atoms with Crippen LogP contribution in [0, 0.1) is 0 Å². The molecular formula is C10H9O4-. The van der Waals surface area contributed by atoms with Crippen molar-refractivity contribution in [3.63, 3.8) is 0 Å². The number of hydrogen-bond donors (Lipinski definition) is 0. The van der Waals surface area contributed by atoms with Gasteiger partial charge in [0.2, 0.25) is 0 Å². The maximum absolute atomic E-state index is 10.6. The first-order chi connectivity index (χ1) is 6.61. The molecule has 4 heteroatoms. The van der Waals surface area contributed by atoms with Gasteiger partial charge in [-0.15, -0.1) is 0 Å². The standard InChI is InChI=1S/C10H10O4/c1-7(11)14-9(10(12)13)8-5-3-2-4-6-8/h2-6,9H,1H3,(H,12,13)/p-1/t9-/m1/s1. The molecule has 0 aliphatic rings.